The van der Waals surface area contributed by atoms with Gasteiger partial charge in [0.05, 0.1) is 16.9 Å². The molecule has 0 aromatic carbocycles. The van der Waals surface area contributed by atoms with E-state index in [0.717, 1.165) is 17.8 Å². The average molecular weight is 523 g/mol. The van der Waals surface area contributed by atoms with Crippen molar-refractivity contribution in [2.75, 3.05) is 6.54 Å². The predicted molar refractivity (Wildman–Crippen MR) is 131 cm³/mol. The third-order valence-electron chi connectivity index (χ3n) is 6.54. The highest BCUT2D eigenvalue weighted by Crippen LogP contribution is 2.43. The molecule has 1 aliphatic rings. The van der Waals surface area contributed by atoms with Crippen molar-refractivity contribution in [2.45, 2.75) is 112 Å². The maximum atomic E-state index is 13.4. The number of fused-ring (bicyclic) bond motifs is 1. The Morgan fingerprint density at radius 2 is 1.85 bits per heavy atom. The standard InChI is InChI=1S/C22H38N2O6S3/c1-8-14(5)30-16(7)20(25)22(9-2,10-3)24-33(28,29)19-13-17-18(23-11-4)12-15(6)32(26,27)21(17)31-19/h13-16,18,23-24H,8-12H2,1-7H3/t14?,15-,16-,18-/m0/s1. The summed E-state index contributed by atoms with van der Waals surface area (Å²) in [6.07, 6.45) is 0.690. The molecule has 0 bridgehead atoms. The predicted octanol–water partition coefficient (Wildman–Crippen LogP) is 3.57. The number of Topliss-reactive ketones (excluding diaryl/α,β-unsaturated/α-hetero) is 1. The van der Waals surface area contributed by atoms with Gasteiger partial charge in [-0.2, -0.15) is 4.72 Å². The van der Waals surface area contributed by atoms with E-state index in [9.17, 15) is 21.6 Å². The molecule has 2 rings (SSSR count). The quantitative estimate of drug-likeness (QED) is 0.431. The van der Waals surface area contributed by atoms with E-state index in [0.29, 0.717) is 18.5 Å². The molecule has 11 heteroatoms. The van der Waals surface area contributed by atoms with Crippen LogP contribution in [0.2, 0.25) is 0 Å². The fraction of sp³-hybridized carbons (Fsp3) is 0.773. The Morgan fingerprint density at radius 1 is 1.24 bits per heavy atom. The molecule has 8 nitrogen and oxygen atoms in total. The second kappa shape index (κ2) is 10.8. The molecule has 33 heavy (non-hydrogen) atoms. The lowest BCUT2D eigenvalue weighted by Crippen LogP contribution is -2.57. The summed E-state index contributed by atoms with van der Waals surface area (Å²) in [5.74, 6) is -0.329. The number of sulfone groups is 1. The van der Waals surface area contributed by atoms with Crippen LogP contribution in [-0.2, 0) is 29.4 Å². The highest BCUT2D eigenvalue weighted by atomic mass is 32.3. The molecule has 0 spiro atoms. The minimum absolute atomic E-state index is 0.0889. The number of thiophene rings is 1. The summed E-state index contributed by atoms with van der Waals surface area (Å²) in [6, 6.07) is 1.20. The van der Waals surface area contributed by atoms with Crippen LogP contribution in [0.3, 0.4) is 0 Å². The van der Waals surface area contributed by atoms with Crippen LogP contribution in [0.15, 0.2) is 14.5 Å². The van der Waals surface area contributed by atoms with E-state index in [2.05, 4.69) is 10.0 Å². The van der Waals surface area contributed by atoms with Crippen molar-refractivity contribution in [3.05, 3.63) is 11.6 Å². The Hall–Kier alpha value is -0.850. The first kappa shape index (κ1) is 28.4. The van der Waals surface area contributed by atoms with Crippen molar-refractivity contribution in [3.63, 3.8) is 0 Å². The van der Waals surface area contributed by atoms with E-state index in [1.165, 1.54) is 6.07 Å². The summed E-state index contributed by atoms with van der Waals surface area (Å²) < 4.78 is 61.1. The molecule has 1 aromatic heterocycles. The minimum atomic E-state index is -4.15. The summed E-state index contributed by atoms with van der Waals surface area (Å²) in [7, 11) is -7.77. The number of hydrogen-bond acceptors (Lipinski definition) is 8. The molecule has 190 valence electrons. The monoisotopic (exact) mass is 522 g/mol. The SMILES string of the molecule is CCN[C@H]1C[C@H](C)S(=O)(=O)c2sc(S(=O)(=O)NC(CC)(CC)C(=O)[C@H](C)OC(C)CC)cc21. The van der Waals surface area contributed by atoms with E-state index < -0.39 is 36.8 Å². The molecular formula is C22H38N2O6S3. The van der Waals surface area contributed by atoms with Crippen molar-refractivity contribution >= 4 is 37.0 Å². The van der Waals surface area contributed by atoms with Gasteiger partial charge >= 0.3 is 0 Å². The van der Waals surface area contributed by atoms with E-state index in [4.69, 9.17) is 4.74 Å². The van der Waals surface area contributed by atoms with Gasteiger partial charge in [-0.1, -0.05) is 27.7 Å². The van der Waals surface area contributed by atoms with Gasteiger partial charge in [0.25, 0.3) is 10.0 Å². The van der Waals surface area contributed by atoms with Crippen molar-refractivity contribution < 1.29 is 26.4 Å². The van der Waals surface area contributed by atoms with Crippen LogP contribution in [0.4, 0.5) is 0 Å². The number of hydrogen-bond donors (Lipinski definition) is 2. The lowest BCUT2D eigenvalue weighted by atomic mass is 9.86. The highest BCUT2D eigenvalue weighted by molar-refractivity contribution is 7.95. The van der Waals surface area contributed by atoms with Crippen molar-refractivity contribution in [3.8, 4) is 0 Å². The van der Waals surface area contributed by atoms with Gasteiger partial charge in [-0.05, 0) is 59.1 Å². The molecule has 0 fully saturated rings. The second-order valence-electron chi connectivity index (χ2n) is 8.77. The minimum Gasteiger partial charge on any atom is -0.368 e. The highest BCUT2D eigenvalue weighted by Gasteiger charge is 2.44. The Labute approximate surface area is 202 Å². The summed E-state index contributed by atoms with van der Waals surface area (Å²) in [5, 5.41) is 2.65. The molecule has 2 heterocycles. The van der Waals surface area contributed by atoms with Crippen LogP contribution in [0.5, 0.6) is 0 Å². The topological polar surface area (TPSA) is 119 Å². The van der Waals surface area contributed by atoms with Gasteiger partial charge in [0.15, 0.2) is 15.6 Å². The molecule has 0 saturated carbocycles. The van der Waals surface area contributed by atoms with Crippen LogP contribution >= 0.6 is 11.3 Å². The van der Waals surface area contributed by atoms with Crippen LogP contribution in [0, 0.1) is 0 Å². The van der Waals surface area contributed by atoms with Crippen LogP contribution in [0.25, 0.3) is 0 Å². The number of rotatable bonds is 12. The van der Waals surface area contributed by atoms with Crippen LogP contribution in [-0.4, -0.2) is 52.2 Å². The summed E-state index contributed by atoms with van der Waals surface area (Å²) in [5.41, 5.74) is -0.859. The van der Waals surface area contributed by atoms with E-state index in [1.807, 2.05) is 20.8 Å². The Morgan fingerprint density at radius 3 is 2.36 bits per heavy atom. The molecule has 2 N–H and O–H groups in total. The fourth-order valence-corrected chi connectivity index (χ4v) is 9.68. The van der Waals surface area contributed by atoms with Gasteiger partial charge in [0.2, 0.25) is 0 Å². The van der Waals surface area contributed by atoms with Gasteiger partial charge in [-0.15, -0.1) is 11.3 Å². The normalized spacial score (nSPS) is 22.5. The zero-order valence-electron chi connectivity index (χ0n) is 20.6. The molecule has 4 atom stereocenters. The molecule has 0 radical (unpaired) electrons. The van der Waals surface area contributed by atoms with Gasteiger partial charge in [0.1, 0.15) is 14.5 Å². The molecule has 0 saturated heterocycles. The van der Waals surface area contributed by atoms with Crippen LogP contribution < -0.4 is 10.0 Å². The summed E-state index contributed by atoms with van der Waals surface area (Å²) in [6.45, 7) is 13.2. The number of carbonyl (C=O) groups is 1. The van der Waals surface area contributed by atoms with E-state index in [-0.39, 0.29) is 39.2 Å². The Kier molecular flexibility index (Phi) is 9.31. The Balaban J connectivity index is 2.47. The van der Waals surface area contributed by atoms with Gasteiger partial charge in [-0.25, -0.2) is 16.8 Å². The number of nitrogens with one attached hydrogen (secondary N) is 2. The van der Waals surface area contributed by atoms with Gasteiger partial charge < -0.3 is 10.1 Å². The lowest BCUT2D eigenvalue weighted by Gasteiger charge is -2.33. The molecular weight excluding hydrogens is 484 g/mol. The molecule has 0 amide bonds. The first-order chi connectivity index (χ1) is 15.3. The number of ether oxygens (including phenoxy) is 1. The van der Waals surface area contributed by atoms with Gasteiger partial charge in [0, 0.05) is 11.6 Å². The number of sulfonamides is 1. The summed E-state index contributed by atoms with van der Waals surface area (Å²) >= 11 is 0.758. The molecule has 1 unspecified atom stereocenters. The smallest absolute Gasteiger partial charge is 0.251 e. The first-order valence-corrected chi connectivity index (χ1v) is 15.5. The van der Waals surface area contributed by atoms with Crippen molar-refractivity contribution in [1.82, 2.24) is 10.0 Å². The first-order valence-electron chi connectivity index (χ1n) is 11.6. The maximum absolute atomic E-state index is 13.4. The average Bonchev–Trinajstić information content (AvgIpc) is 3.23. The number of carbonyl (C=O) groups excluding carboxylic acids is 1. The van der Waals surface area contributed by atoms with Crippen LogP contribution in [0.1, 0.15) is 85.8 Å². The Bertz CT molecular complexity index is 1040. The second-order valence-corrected chi connectivity index (χ2v) is 14.3. The van der Waals surface area contributed by atoms with E-state index in [1.54, 1.807) is 27.7 Å². The number of ketones is 1. The van der Waals surface area contributed by atoms with Crippen molar-refractivity contribution in [2.24, 2.45) is 0 Å². The maximum Gasteiger partial charge on any atom is 0.251 e. The third kappa shape index (κ3) is 5.70. The van der Waals surface area contributed by atoms with Crippen molar-refractivity contribution in [1.29, 1.82) is 0 Å². The molecule has 1 aromatic rings. The largest absolute Gasteiger partial charge is 0.368 e. The fourth-order valence-electron chi connectivity index (χ4n) is 4.17. The zero-order chi connectivity index (χ0) is 25.2. The lowest BCUT2D eigenvalue weighted by molar-refractivity contribution is -0.139. The molecule has 1 aliphatic heterocycles. The molecule has 0 aliphatic carbocycles. The summed E-state index contributed by atoms with van der Waals surface area (Å²) in [4.78, 5) is 13.3. The third-order valence-corrected chi connectivity index (χ3v) is 12.4. The zero-order valence-corrected chi connectivity index (χ0v) is 23.0. The van der Waals surface area contributed by atoms with E-state index >= 15 is 0 Å². The van der Waals surface area contributed by atoms with Gasteiger partial charge in [-0.3, -0.25) is 4.79 Å².